The fourth-order valence-corrected chi connectivity index (χ4v) is 1.07. The Morgan fingerprint density at radius 3 is 2.44 bits per heavy atom. The van der Waals surface area contributed by atoms with Crippen molar-refractivity contribution in [2.75, 3.05) is 0 Å². The predicted molar refractivity (Wildman–Crippen MR) is 38.9 cm³/mol. The van der Waals surface area contributed by atoms with Gasteiger partial charge in [-0.15, -0.1) is 0 Å². The maximum Gasteiger partial charge on any atom is 0.0238 e. The van der Waals surface area contributed by atoms with Crippen molar-refractivity contribution in [2.45, 2.75) is 25.4 Å². The van der Waals surface area contributed by atoms with Gasteiger partial charge in [0.2, 0.25) is 0 Å². The third-order valence-corrected chi connectivity index (χ3v) is 1.88. The Balaban J connectivity index is 2.54. The van der Waals surface area contributed by atoms with Crippen LogP contribution in [0.2, 0.25) is 0 Å². The Hall–Kier alpha value is -0.340. The van der Waals surface area contributed by atoms with E-state index < -0.39 is 0 Å². The molecular weight excluding hydrogens is 112 g/mol. The summed E-state index contributed by atoms with van der Waals surface area (Å²) in [5.41, 5.74) is 11.4. The lowest BCUT2D eigenvalue weighted by Gasteiger charge is -2.23. The summed E-state index contributed by atoms with van der Waals surface area (Å²) in [7, 11) is 0. The average Bonchev–Trinajstić information content (AvgIpc) is 1.80. The van der Waals surface area contributed by atoms with E-state index in [0.717, 1.165) is 6.42 Å². The van der Waals surface area contributed by atoms with Gasteiger partial charge >= 0.3 is 0 Å². The van der Waals surface area contributed by atoms with Crippen LogP contribution in [0, 0.1) is 5.92 Å². The molecule has 1 rings (SSSR count). The van der Waals surface area contributed by atoms with Crippen molar-refractivity contribution in [3.8, 4) is 0 Å². The molecule has 0 saturated carbocycles. The molecule has 0 saturated heterocycles. The third-order valence-electron chi connectivity index (χ3n) is 1.88. The maximum atomic E-state index is 5.74. The normalized spacial score (nSPS) is 43.2. The van der Waals surface area contributed by atoms with Crippen molar-refractivity contribution >= 4 is 0 Å². The van der Waals surface area contributed by atoms with Gasteiger partial charge in [0.25, 0.3) is 0 Å². The Morgan fingerprint density at radius 1 is 1.33 bits per heavy atom. The minimum absolute atomic E-state index is 0.191. The van der Waals surface area contributed by atoms with Gasteiger partial charge in [0.05, 0.1) is 0 Å². The number of nitrogens with two attached hydrogens (primary N) is 2. The molecule has 1 aliphatic carbocycles. The minimum Gasteiger partial charge on any atom is -0.327 e. The highest BCUT2D eigenvalue weighted by atomic mass is 14.7. The molecule has 1 aliphatic rings. The number of hydrogen-bond donors (Lipinski definition) is 2. The van der Waals surface area contributed by atoms with E-state index in [0.29, 0.717) is 5.92 Å². The van der Waals surface area contributed by atoms with Gasteiger partial charge in [0.1, 0.15) is 0 Å². The van der Waals surface area contributed by atoms with Crippen LogP contribution in [0.4, 0.5) is 0 Å². The van der Waals surface area contributed by atoms with Crippen LogP contribution in [0.15, 0.2) is 12.2 Å². The standard InChI is InChI=1S/C7H14N2/c1-5-2-3-6(8)4-7(5)9/h2-3,5-7H,4,8-9H2,1H3/t5-,6-,7-/m1/s1. The second-order valence-corrected chi connectivity index (χ2v) is 2.81. The molecule has 0 aromatic rings. The van der Waals surface area contributed by atoms with Gasteiger partial charge in [-0.05, 0) is 12.3 Å². The van der Waals surface area contributed by atoms with Gasteiger partial charge < -0.3 is 11.5 Å². The number of hydrogen-bond acceptors (Lipinski definition) is 2. The molecule has 0 amide bonds. The molecule has 0 bridgehead atoms. The lowest BCUT2D eigenvalue weighted by atomic mass is 9.90. The van der Waals surface area contributed by atoms with Crippen molar-refractivity contribution in [2.24, 2.45) is 17.4 Å². The molecule has 0 aromatic heterocycles. The van der Waals surface area contributed by atoms with Gasteiger partial charge in [-0.25, -0.2) is 0 Å². The van der Waals surface area contributed by atoms with E-state index in [1.807, 2.05) is 6.08 Å². The van der Waals surface area contributed by atoms with E-state index in [1.165, 1.54) is 0 Å². The van der Waals surface area contributed by atoms with E-state index in [1.54, 1.807) is 0 Å². The average molecular weight is 126 g/mol. The molecule has 0 fully saturated rings. The first-order chi connectivity index (χ1) is 4.20. The van der Waals surface area contributed by atoms with Crippen molar-refractivity contribution in [3.63, 3.8) is 0 Å². The summed E-state index contributed by atoms with van der Waals surface area (Å²) in [6, 6.07) is 0.459. The summed E-state index contributed by atoms with van der Waals surface area (Å²) >= 11 is 0. The summed E-state index contributed by atoms with van der Waals surface area (Å²) in [5.74, 6) is 0.504. The second-order valence-electron chi connectivity index (χ2n) is 2.81. The largest absolute Gasteiger partial charge is 0.327 e. The smallest absolute Gasteiger partial charge is 0.0238 e. The molecular formula is C7H14N2. The zero-order valence-corrected chi connectivity index (χ0v) is 5.75. The van der Waals surface area contributed by atoms with Crippen LogP contribution < -0.4 is 11.5 Å². The Labute approximate surface area is 55.9 Å². The topological polar surface area (TPSA) is 52.0 Å². The fourth-order valence-electron chi connectivity index (χ4n) is 1.07. The maximum absolute atomic E-state index is 5.74. The first-order valence-corrected chi connectivity index (χ1v) is 3.39. The monoisotopic (exact) mass is 126 g/mol. The zero-order chi connectivity index (χ0) is 6.85. The zero-order valence-electron chi connectivity index (χ0n) is 5.75. The summed E-state index contributed by atoms with van der Waals surface area (Å²) in [6.07, 6.45) is 5.06. The van der Waals surface area contributed by atoms with E-state index in [2.05, 4.69) is 13.0 Å². The molecule has 0 unspecified atom stereocenters. The molecule has 0 spiro atoms. The minimum atomic E-state index is 0.191. The van der Waals surface area contributed by atoms with Gasteiger partial charge in [0.15, 0.2) is 0 Å². The SMILES string of the molecule is C[C@@H]1C=C[C@@H](N)C[C@H]1N. The predicted octanol–water partition coefficient (Wildman–Crippen LogP) is 0.237. The van der Waals surface area contributed by atoms with E-state index in [-0.39, 0.29) is 12.1 Å². The molecule has 2 nitrogen and oxygen atoms in total. The van der Waals surface area contributed by atoms with E-state index >= 15 is 0 Å². The molecule has 3 atom stereocenters. The molecule has 52 valence electrons. The van der Waals surface area contributed by atoms with Crippen molar-refractivity contribution in [1.82, 2.24) is 0 Å². The van der Waals surface area contributed by atoms with Gasteiger partial charge in [-0.3, -0.25) is 0 Å². The molecule has 0 radical (unpaired) electrons. The molecule has 0 aliphatic heterocycles. The van der Waals surface area contributed by atoms with Crippen LogP contribution in [0.25, 0.3) is 0 Å². The van der Waals surface area contributed by atoms with Gasteiger partial charge in [0, 0.05) is 12.1 Å². The molecule has 4 N–H and O–H groups in total. The second kappa shape index (κ2) is 2.50. The van der Waals surface area contributed by atoms with Crippen LogP contribution in [-0.4, -0.2) is 12.1 Å². The molecule has 0 aromatic carbocycles. The van der Waals surface area contributed by atoms with E-state index in [4.69, 9.17) is 11.5 Å². The molecule has 2 heteroatoms. The Morgan fingerprint density at radius 2 is 2.00 bits per heavy atom. The number of rotatable bonds is 0. The fraction of sp³-hybridized carbons (Fsp3) is 0.714. The third kappa shape index (κ3) is 1.53. The summed E-state index contributed by atoms with van der Waals surface area (Å²) < 4.78 is 0. The quantitative estimate of drug-likeness (QED) is 0.457. The van der Waals surface area contributed by atoms with Crippen LogP contribution in [-0.2, 0) is 0 Å². The van der Waals surface area contributed by atoms with Crippen LogP contribution in [0.3, 0.4) is 0 Å². The highest BCUT2D eigenvalue weighted by Crippen LogP contribution is 2.13. The van der Waals surface area contributed by atoms with Crippen LogP contribution in [0.5, 0.6) is 0 Å². The summed E-state index contributed by atoms with van der Waals surface area (Å²) in [6.45, 7) is 2.12. The van der Waals surface area contributed by atoms with Crippen LogP contribution in [0.1, 0.15) is 13.3 Å². The summed E-state index contributed by atoms with van der Waals surface area (Å²) in [4.78, 5) is 0. The lowest BCUT2D eigenvalue weighted by molar-refractivity contribution is 0.458. The molecule has 9 heavy (non-hydrogen) atoms. The lowest BCUT2D eigenvalue weighted by Crippen LogP contribution is -2.37. The first kappa shape index (κ1) is 6.78. The molecule has 0 heterocycles. The van der Waals surface area contributed by atoms with Crippen molar-refractivity contribution < 1.29 is 0 Å². The Kier molecular flexibility index (Phi) is 1.88. The van der Waals surface area contributed by atoms with Crippen LogP contribution >= 0.6 is 0 Å². The highest BCUT2D eigenvalue weighted by molar-refractivity contribution is 5.03. The summed E-state index contributed by atoms with van der Waals surface area (Å²) in [5, 5.41) is 0. The van der Waals surface area contributed by atoms with Gasteiger partial charge in [-0.1, -0.05) is 19.1 Å². The van der Waals surface area contributed by atoms with E-state index in [9.17, 15) is 0 Å². The van der Waals surface area contributed by atoms with Crippen molar-refractivity contribution in [3.05, 3.63) is 12.2 Å². The van der Waals surface area contributed by atoms with Gasteiger partial charge in [-0.2, -0.15) is 0 Å². The highest BCUT2D eigenvalue weighted by Gasteiger charge is 2.16. The first-order valence-electron chi connectivity index (χ1n) is 3.39. The Bertz CT molecular complexity index is 120. The van der Waals surface area contributed by atoms with Crippen molar-refractivity contribution in [1.29, 1.82) is 0 Å².